The van der Waals surface area contributed by atoms with Gasteiger partial charge in [-0.25, -0.2) is 4.79 Å². The van der Waals surface area contributed by atoms with Crippen LogP contribution in [-0.4, -0.2) is 63.1 Å². The number of piperazine rings is 1. The van der Waals surface area contributed by atoms with Gasteiger partial charge in [-0.1, -0.05) is 73.3 Å². The molecule has 4 amide bonds. The van der Waals surface area contributed by atoms with E-state index in [4.69, 9.17) is 5.84 Å². The number of carbonyl (C=O) groups excluding carboxylic acids is 3. The first-order chi connectivity index (χ1) is 19.9. The first kappa shape index (κ1) is 27.7. The molecule has 0 aliphatic carbocycles. The van der Waals surface area contributed by atoms with Crippen LogP contribution in [0.5, 0.6) is 5.75 Å². The number of amides is 4. The number of phenols is 1. The molecule has 5 rings (SSSR count). The van der Waals surface area contributed by atoms with Crippen molar-refractivity contribution in [1.82, 2.24) is 25.6 Å². The highest BCUT2D eigenvalue weighted by Gasteiger charge is 2.50. The number of nitrogens with one attached hydrogen (secondary N) is 3. The minimum atomic E-state index is -0.804. The lowest BCUT2D eigenvalue weighted by Gasteiger charge is -2.44. The molecule has 2 heterocycles. The SMILES string of the molecule is C=Cc1cccc(CN2C[C@@H]3N(NC(=O)NCc4ccccc4)CC(=O)N3[C@@H](Cc3ccc(O)cc3)C2=O)c1NN. The van der Waals surface area contributed by atoms with Crippen molar-refractivity contribution in [1.29, 1.82) is 0 Å². The maximum atomic E-state index is 13.9. The molecule has 3 aromatic rings. The van der Waals surface area contributed by atoms with Crippen LogP contribution < -0.4 is 22.0 Å². The van der Waals surface area contributed by atoms with Crippen LogP contribution in [0.4, 0.5) is 10.5 Å². The van der Waals surface area contributed by atoms with Crippen molar-refractivity contribution in [3.05, 3.63) is 102 Å². The molecule has 3 aromatic carbocycles. The molecule has 2 atom stereocenters. The molecule has 0 aromatic heterocycles. The summed E-state index contributed by atoms with van der Waals surface area (Å²) >= 11 is 0. The molecule has 2 fully saturated rings. The number of hydrogen-bond acceptors (Lipinski definition) is 7. The number of para-hydroxylation sites is 1. The van der Waals surface area contributed by atoms with E-state index in [9.17, 15) is 19.5 Å². The topological polar surface area (TPSA) is 143 Å². The molecule has 41 heavy (non-hydrogen) atoms. The zero-order valence-electron chi connectivity index (χ0n) is 22.5. The fourth-order valence-electron chi connectivity index (χ4n) is 5.38. The lowest BCUT2D eigenvalue weighted by Crippen LogP contribution is -2.65. The summed E-state index contributed by atoms with van der Waals surface area (Å²) in [6.45, 7) is 4.51. The number of phenolic OH excluding ortho intramolecular Hbond substituents is 1. The number of carbonyl (C=O) groups is 3. The maximum absolute atomic E-state index is 13.9. The highest BCUT2D eigenvalue weighted by atomic mass is 16.3. The quantitative estimate of drug-likeness (QED) is 0.201. The minimum absolute atomic E-state index is 0.0713. The third-order valence-corrected chi connectivity index (χ3v) is 7.41. The molecular weight excluding hydrogens is 522 g/mol. The van der Waals surface area contributed by atoms with Crippen molar-refractivity contribution in [3.8, 4) is 5.75 Å². The molecule has 6 N–H and O–H groups in total. The first-order valence-electron chi connectivity index (χ1n) is 13.3. The van der Waals surface area contributed by atoms with E-state index in [1.807, 2.05) is 48.5 Å². The Balaban J connectivity index is 1.40. The van der Waals surface area contributed by atoms with Crippen molar-refractivity contribution >= 4 is 29.6 Å². The Hall–Kier alpha value is -4.87. The number of fused-ring (bicyclic) bond motifs is 1. The molecule has 2 saturated heterocycles. The Morgan fingerprint density at radius 3 is 2.49 bits per heavy atom. The zero-order chi connectivity index (χ0) is 28.9. The lowest BCUT2D eigenvalue weighted by atomic mass is 9.99. The monoisotopic (exact) mass is 555 g/mol. The van der Waals surface area contributed by atoms with Crippen LogP contribution in [-0.2, 0) is 29.1 Å². The molecule has 212 valence electrons. The van der Waals surface area contributed by atoms with Gasteiger partial charge in [0.2, 0.25) is 11.8 Å². The van der Waals surface area contributed by atoms with E-state index in [1.54, 1.807) is 45.2 Å². The first-order valence-corrected chi connectivity index (χ1v) is 13.3. The van der Waals surface area contributed by atoms with Crippen molar-refractivity contribution in [2.75, 3.05) is 18.5 Å². The Morgan fingerprint density at radius 1 is 1.02 bits per heavy atom. The molecule has 0 unspecified atom stereocenters. The van der Waals surface area contributed by atoms with Gasteiger partial charge in [-0.2, -0.15) is 5.01 Å². The van der Waals surface area contributed by atoms with Gasteiger partial charge in [0.1, 0.15) is 18.0 Å². The van der Waals surface area contributed by atoms with Gasteiger partial charge in [-0.05, 0) is 34.4 Å². The number of nitrogens with zero attached hydrogens (tertiary/aromatic N) is 3. The number of hydrogen-bond donors (Lipinski definition) is 5. The molecule has 2 aliphatic rings. The van der Waals surface area contributed by atoms with Crippen LogP contribution in [0, 0.1) is 0 Å². The number of benzene rings is 3. The van der Waals surface area contributed by atoms with E-state index in [0.29, 0.717) is 12.2 Å². The van der Waals surface area contributed by atoms with Gasteiger partial charge >= 0.3 is 6.03 Å². The van der Waals surface area contributed by atoms with E-state index >= 15 is 0 Å². The fourth-order valence-corrected chi connectivity index (χ4v) is 5.38. The second-order valence-electron chi connectivity index (χ2n) is 10.0. The predicted molar refractivity (Wildman–Crippen MR) is 155 cm³/mol. The van der Waals surface area contributed by atoms with Gasteiger partial charge in [-0.3, -0.25) is 20.9 Å². The molecule has 2 aliphatic heterocycles. The number of urea groups is 1. The summed E-state index contributed by atoms with van der Waals surface area (Å²) in [6.07, 6.45) is 1.35. The molecule has 0 saturated carbocycles. The average molecular weight is 556 g/mol. The van der Waals surface area contributed by atoms with Gasteiger partial charge in [0.05, 0.1) is 18.8 Å². The van der Waals surface area contributed by atoms with E-state index < -0.39 is 18.2 Å². The average Bonchev–Trinajstić information content (AvgIpc) is 3.29. The van der Waals surface area contributed by atoms with Crippen LogP contribution in [0.2, 0.25) is 0 Å². The third kappa shape index (κ3) is 6.01. The van der Waals surface area contributed by atoms with Crippen molar-refractivity contribution < 1.29 is 19.5 Å². The summed E-state index contributed by atoms with van der Waals surface area (Å²) in [4.78, 5) is 43.3. The van der Waals surface area contributed by atoms with Crippen LogP contribution in [0.1, 0.15) is 22.3 Å². The summed E-state index contributed by atoms with van der Waals surface area (Å²) in [5, 5.41) is 14.1. The molecule has 0 spiro atoms. The number of hydrazine groups is 2. The molecule has 0 radical (unpaired) electrons. The largest absolute Gasteiger partial charge is 0.508 e. The number of aromatic hydroxyl groups is 1. The van der Waals surface area contributed by atoms with Gasteiger partial charge in [0.25, 0.3) is 0 Å². The van der Waals surface area contributed by atoms with Gasteiger partial charge in [0, 0.05) is 19.5 Å². The summed E-state index contributed by atoms with van der Waals surface area (Å²) in [6, 6.07) is 20.4. The fraction of sp³-hybridized carbons (Fsp3) is 0.233. The summed E-state index contributed by atoms with van der Waals surface area (Å²) in [5.74, 6) is 5.46. The second kappa shape index (κ2) is 12.1. The molecule has 11 heteroatoms. The van der Waals surface area contributed by atoms with Gasteiger partial charge in [0.15, 0.2) is 0 Å². The molecule has 0 bridgehead atoms. The van der Waals surface area contributed by atoms with Crippen LogP contribution in [0.15, 0.2) is 79.4 Å². The minimum Gasteiger partial charge on any atom is -0.508 e. The Morgan fingerprint density at radius 2 is 1.78 bits per heavy atom. The Kier molecular flexibility index (Phi) is 8.18. The summed E-state index contributed by atoms with van der Waals surface area (Å²) in [7, 11) is 0. The highest BCUT2D eigenvalue weighted by Crippen LogP contribution is 2.30. The highest BCUT2D eigenvalue weighted by molar-refractivity contribution is 5.92. The van der Waals surface area contributed by atoms with E-state index in [1.165, 1.54) is 0 Å². The van der Waals surface area contributed by atoms with Crippen LogP contribution in [0.3, 0.4) is 0 Å². The maximum Gasteiger partial charge on any atom is 0.329 e. The van der Waals surface area contributed by atoms with Gasteiger partial charge in [-0.15, -0.1) is 0 Å². The van der Waals surface area contributed by atoms with Crippen molar-refractivity contribution in [2.45, 2.75) is 31.7 Å². The number of nitrogens with two attached hydrogens (primary N) is 1. The lowest BCUT2D eigenvalue weighted by molar-refractivity contribution is -0.154. The number of nitrogen functional groups attached to an aromatic ring is 1. The summed E-state index contributed by atoms with van der Waals surface area (Å²) < 4.78 is 0. The number of rotatable bonds is 9. The standard InChI is InChI=1S/C30H33N7O4/c1-2-22-9-6-10-23(28(22)33-31)17-35-18-26-36(34-30(41)32-16-21-7-4-3-5-8-21)19-27(39)37(26)25(29(35)40)15-20-11-13-24(38)14-12-20/h2-14,25-26,33,38H,1,15-19,31H2,(H2,32,34,41)/t25-,26+/m0/s1. The van der Waals surface area contributed by atoms with E-state index in [2.05, 4.69) is 22.7 Å². The zero-order valence-corrected chi connectivity index (χ0v) is 22.5. The van der Waals surface area contributed by atoms with E-state index in [-0.39, 0.29) is 43.6 Å². The summed E-state index contributed by atoms with van der Waals surface area (Å²) in [5.41, 5.74) is 9.51. The third-order valence-electron chi connectivity index (χ3n) is 7.41. The van der Waals surface area contributed by atoms with Gasteiger partial charge < -0.3 is 25.6 Å². The Bertz CT molecular complexity index is 1430. The molecular formula is C30H33N7O4. The van der Waals surface area contributed by atoms with Crippen molar-refractivity contribution in [3.63, 3.8) is 0 Å². The van der Waals surface area contributed by atoms with Crippen LogP contribution >= 0.6 is 0 Å². The smallest absolute Gasteiger partial charge is 0.329 e. The van der Waals surface area contributed by atoms with Crippen LogP contribution in [0.25, 0.3) is 6.08 Å². The molecule has 11 nitrogen and oxygen atoms in total. The predicted octanol–water partition coefficient (Wildman–Crippen LogP) is 2.16. The Labute approximate surface area is 238 Å². The normalized spacial score (nSPS) is 18.7. The number of anilines is 1. The second-order valence-corrected chi connectivity index (χ2v) is 10.0. The van der Waals surface area contributed by atoms with Crippen molar-refractivity contribution in [2.24, 2.45) is 5.84 Å². The van der Waals surface area contributed by atoms with E-state index in [0.717, 1.165) is 22.3 Å².